The third kappa shape index (κ3) is 1.90. The monoisotopic (exact) mass is 138 g/mol. The fourth-order valence-electron chi connectivity index (χ4n) is 0.0713. The highest BCUT2D eigenvalue weighted by atomic mass is 32.2. The number of ether oxygens (including phenoxy) is 1. The highest BCUT2D eigenvalue weighted by molar-refractivity contribution is 7.80. The molecular weight excluding hydrogens is 128 g/mol. The molecule has 0 saturated heterocycles. The van der Waals surface area contributed by atoms with Crippen molar-refractivity contribution in [1.82, 2.24) is 0 Å². The van der Waals surface area contributed by atoms with Crippen molar-refractivity contribution in [2.45, 2.75) is 18.8 Å². The summed E-state index contributed by atoms with van der Waals surface area (Å²) in [4.78, 5) is -0.931. The molecule has 0 aliphatic rings. The summed E-state index contributed by atoms with van der Waals surface area (Å²) in [6.45, 7) is 3.09. The summed E-state index contributed by atoms with van der Waals surface area (Å²) < 4.78 is 23.3. The van der Waals surface area contributed by atoms with Crippen molar-refractivity contribution in [3.63, 3.8) is 0 Å². The molecular formula is C4H10O3S. The van der Waals surface area contributed by atoms with Crippen LogP contribution in [0.3, 0.4) is 0 Å². The Hall–Kier alpha value is 0.0700. The van der Waals surface area contributed by atoms with Gasteiger partial charge in [0.25, 0.3) is 0 Å². The van der Waals surface area contributed by atoms with Gasteiger partial charge in [0.1, 0.15) is 0 Å². The average molecular weight is 138 g/mol. The zero-order chi connectivity index (χ0) is 6.78. The first-order chi connectivity index (χ1) is 3.50. The highest BCUT2D eigenvalue weighted by Crippen LogP contribution is 2.09. The Morgan fingerprint density at radius 2 is 2.00 bits per heavy atom. The van der Waals surface area contributed by atoms with Gasteiger partial charge in [-0.3, -0.25) is 0 Å². The van der Waals surface area contributed by atoms with E-state index in [4.69, 9.17) is 4.55 Å². The van der Waals surface area contributed by atoms with Crippen molar-refractivity contribution in [3.05, 3.63) is 0 Å². The molecule has 1 N–H and O–H groups in total. The number of methoxy groups -OCH3 is 1. The zero-order valence-electron chi connectivity index (χ0n) is 5.17. The smallest absolute Gasteiger partial charge is 0.185 e. The first-order valence-electron chi connectivity index (χ1n) is 2.17. The second-order valence-corrected chi connectivity index (χ2v) is 3.33. The van der Waals surface area contributed by atoms with Crippen molar-refractivity contribution in [3.8, 4) is 0 Å². The van der Waals surface area contributed by atoms with Crippen LogP contribution in [0.1, 0.15) is 13.8 Å². The van der Waals surface area contributed by atoms with Crippen molar-refractivity contribution >= 4 is 11.1 Å². The van der Waals surface area contributed by atoms with E-state index in [1.165, 1.54) is 7.11 Å². The van der Waals surface area contributed by atoms with Gasteiger partial charge in [-0.25, -0.2) is 4.21 Å². The Morgan fingerprint density at radius 1 is 1.62 bits per heavy atom. The molecule has 8 heavy (non-hydrogen) atoms. The molecule has 4 heteroatoms. The third-order valence-electron chi connectivity index (χ3n) is 0.912. The lowest BCUT2D eigenvalue weighted by molar-refractivity contribution is 0.0919. The van der Waals surface area contributed by atoms with Crippen molar-refractivity contribution in [2.75, 3.05) is 7.11 Å². The minimum atomic E-state index is -1.90. The molecule has 0 rings (SSSR count). The van der Waals surface area contributed by atoms with E-state index in [9.17, 15) is 4.21 Å². The van der Waals surface area contributed by atoms with Crippen LogP contribution in [0.2, 0.25) is 0 Å². The van der Waals surface area contributed by atoms with Gasteiger partial charge in [-0.1, -0.05) is 0 Å². The Morgan fingerprint density at radius 3 is 2.00 bits per heavy atom. The molecule has 0 spiro atoms. The Balaban J connectivity index is 3.91. The molecule has 50 valence electrons. The molecule has 0 bridgehead atoms. The van der Waals surface area contributed by atoms with E-state index in [0.717, 1.165) is 0 Å². The molecule has 0 heterocycles. The van der Waals surface area contributed by atoms with Crippen molar-refractivity contribution < 1.29 is 13.5 Å². The maximum Gasteiger partial charge on any atom is 0.185 e. The molecule has 0 aromatic carbocycles. The van der Waals surface area contributed by atoms with Gasteiger partial charge >= 0.3 is 0 Å². The van der Waals surface area contributed by atoms with Gasteiger partial charge in [-0.05, 0) is 13.8 Å². The zero-order valence-corrected chi connectivity index (χ0v) is 5.99. The quantitative estimate of drug-likeness (QED) is 0.568. The van der Waals surface area contributed by atoms with E-state index in [2.05, 4.69) is 4.74 Å². The maximum atomic E-state index is 10.2. The molecule has 1 atom stereocenters. The minimum Gasteiger partial charge on any atom is -0.363 e. The van der Waals surface area contributed by atoms with Crippen molar-refractivity contribution in [1.29, 1.82) is 0 Å². The number of rotatable bonds is 2. The topological polar surface area (TPSA) is 46.5 Å². The van der Waals surface area contributed by atoms with E-state index in [1.54, 1.807) is 13.8 Å². The average Bonchev–Trinajstić information content (AvgIpc) is 1.67. The summed E-state index contributed by atoms with van der Waals surface area (Å²) in [7, 11) is 1.40. The predicted molar refractivity (Wildman–Crippen MR) is 31.9 cm³/mol. The standard InChI is InChI=1S/C4H10O3S/c1-4(2,7-3)8(5)6/h1-3H3,(H,5,6). The summed E-state index contributed by atoms with van der Waals surface area (Å²) in [6, 6.07) is 0. The molecule has 1 unspecified atom stereocenters. The van der Waals surface area contributed by atoms with Gasteiger partial charge in [0.15, 0.2) is 16.0 Å². The molecule has 0 aliphatic carbocycles. The Kier molecular flexibility index (Phi) is 2.59. The third-order valence-corrected chi connectivity index (χ3v) is 1.92. The second-order valence-electron chi connectivity index (χ2n) is 1.85. The van der Waals surface area contributed by atoms with Crippen LogP contribution >= 0.6 is 0 Å². The van der Waals surface area contributed by atoms with Gasteiger partial charge in [-0.2, -0.15) is 0 Å². The van der Waals surface area contributed by atoms with Crippen LogP contribution in [0, 0.1) is 0 Å². The van der Waals surface area contributed by atoms with E-state index in [0.29, 0.717) is 0 Å². The lowest BCUT2D eigenvalue weighted by atomic mass is 10.5. The molecule has 0 aliphatic heterocycles. The summed E-state index contributed by atoms with van der Waals surface area (Å²) in [5, 5.41) is 0. The minimum absolute atomic E-state index is 0.931. The SMILES string of the molecule is COC(C)(C)S(=O)O. The maximum absolute atomic E-state index is 10.2. The molecule has 0 aromatic heterocycles. The van der Waals surface area contributed by atoms with Gasteiger partial charge in [0, 0.05) is 7.11 Å². The highest BCUT2D eigenvalue weighted by Gasteiger charge is 2.22. The van der Waals surface area contributed by atoms with Gasteiger partial charge in [0.05, 0.1) is 0 Å². The van der Waals surface area contributed by atoms with Crippen LogP contribution in [0.4, 0.5) is 0 Å². The largest absolute Gasteiger partial charge is 0.363 e. The molecule has 0 radical (unpaired) electrons. The van der Waals surface area contributed by atoms with Crippen LogP contribution < -0.4 is 0 Å². The van der Waals surface area contributed by atoms with Gasteiger partial charge < -0.3 is 9.29 Å². The molecule has 3 nitrogen and oxygen atoms in total. The predicted octanol–water partition coefficient (Wildman–Crippen LogP) is 0.591. The van der Waals surface area contributed by atoms with Crippen LogP contribution in [0.15, 0.2) is 0 Å². The molecule has 0 saturated carbocycles. The van der Waals surface area contributed by atoms with Gasteiger partial charge in [0.2, 0.25) is 0 Å². The number of hydrogen-bond acceptors (Lipinski definition) is 2. The number of hydrogen-bond donors (Lipinski definition) is 1. The lowest BCUT2D eigenvalue weighted by Gasteiger charge is -2.16. The van der Waals surface area contributed by atoms with Crippen LogP contribution in [0.5, 0.6) is 0 Å². The van der Waals surface area contributed by atoms with Crippen LogP contribution in [0.25, 0.3) is 0 Å². The molecule has 0 amide bonds. The summed E-state index contributed by atoms with van der Waals surface area (Å²) in [5.41, 5.74) is 0. The van der Waals surface area contributed by atoms with Gasteiger partial charge in [-0.15, -0.1) is 0 Å². The fraction of sp³-hybridized carbons (Fsp3) is 1.00. The molecule has 0 aromatic rings. The summed E-state index contributed by atoms with van der Waals surface area (Å²) in [5.74, 6) is 0. The summed E-state index contributed by atoms with van der Waals surface area (Å²) >= 11 is -1.90. The normalized spacial score (nSPS) is 16.0. The lowest BCUT2D eigenvalue weighted by Crippen LogP contribution is -2.27. The first-order valence-corrected chi connectivity index (χ1v) is 3.27. The Bertz CT molecular complexity index is 99.5. The van der Waals surface area contributed by atoms with Crippen LogP contribution in [-0.2, 0) is 15.8 Å². The van der Waals surface area contributed by atoms with E-state index in [1.807, 2.05) is 0 Å². The van der Waals surface area contributed by atoms with Crippen LogP contribution in [-0.4, -0.2) is 20.8 Å². The second kappa shape index (κ2) is 2.57. The fourth-order valence-corrected chi connectivity index (χ4v) is 0.214. The van der Waals surface area contributed by atoms with E-state index >= 15 is 0 Å². The van der Waals surface area contributed by atoms with E-state index < -0.39 is 16.0 Å². The molecule has 0 fully saturated rings. The summed E-state index contributed by atoms with van der Waals surface area (Å²) in [6.07, 6.45) is 0. The van der Waals surface area contributed by atoms with E-state index in [-0.39, 0.29) is 0 Å². The first kappa shape index (κ1) is 8.07. The Labute approximate surface area is 51.3 Å². The van der Waals surface area contributed by atoms with Crippen molar-refractivity contribution in [2.24, 2.45) is 0 Å².